The minimum Gasteiger partial charge on any atom is -0.481 e. The quantitative estimate of drug-likeness (QED) is 0.698. The van der Waals surface area contributed by atoms with Crippen molar-refractivity contribution in [1.82, 2.24) is 10.3 Å². The third kappa shape index (κ3) is 4.70. The summed E-state index contributed by atoms with van der Waals surface area (Å²) in [6, 6.07) is 16.0. The van der Waals surface area contributed by atoms with Gasteiger partial charge in [0.15, 0.2) is 6.10 Å². The zero-order chi connectivity index (χ0) is 18.5. The van der Waals surface area contributed by atoms with E-state index in [2.05, 4.69) is 16.4 Å². The number of thiazole rings is 1. The molecule has 0 fully saturated rings. The molecular weight excluding hydrogens is 344 g/mol. The smallest absolute Gasteiger partial charge is 0.261 e. The molecule has 26 heavy (non-hydrogen) atoms. The van der Waals surface area contributed by atoms with Crippen LogP contribution in [0.2, 0.25) is 0 Å². The van der Waals surface area contributed by atoms with E-state index in [1.54, 1.807) is 18.3 Å². The maximum atomic E-state index is 12.3. The number of nitrogens with one attached hydrogen (secondary N) is 1. The predicted molar refractivity (Wildman–Crippen MR) is 105 cm³/mol. The van der Waals surface area contributed by atoms with Gasteiger partial charge in [0.25, 0.3) is 5.91 Å². The van der Waals surface area contributed by atoms with Gasteiger partial charge < -0.3 is 10.1 Å². The monoisotopic (exact) mass is 366 g/mol. The summed E-state index contributed by atoms with van der Waals surface area (Å²) < 4.78 is 5.77. The van der Waals surface area contributed by atoms with E-state index < -0.39 is 6.10 Å². The molecule has 0 aliphatic carbocycles. The molecule has 0 aliphatic heterocycles. The van der Waals surface area contributed by atoms with Crippen LogP contribution in [-0.2, 0) is 11.3 Å². The molecule has 0 aliphatic rings. The highest BCUT2D eigenvalue weighted by molar-refractivity contribution is 7.13. The summed E-state index contributed by atoms with van der Waals surface area (Å²) in [4.78, 5) is 16.9. The Morgan fingerprint density at radius 1 is 1.15 bits per heavy atom. The number of hydrogen-bond donors (Lipinski definition) is 1. The standard InChI is InChI=1S/C21H22N2O2S/c1-14-9-15(2)11-19(10-14)25-16(3)20(24)22-12-18-13-26-21(23-18)17-7-5-4-6-8-17/h4-11,13,16H,12H2,1-3H3,(H,22,24)/t16-/m0/s1. The highest BCUT2D eigenvalue weighted by Crippen LogP contribution is 2.23. The van der Waals surface area contributed by atoms with Crippen molar-refractivity contribution in [3.63, 3.8) is 0 Å². The van der Waals surface area contributed by atoms with Crippen molar-refractivity contribution >= 4 is 17.2 Å². The second-order valence-electron chi connectivity index (χ2n) is 6.31. The van der Waals surface area contributed by atoms with Gasteiger partial charge in [-0.1, -0.05) is 36.4 Å². The van der Waals surface area contributed by atoms with Crippen LogP contribution in [0.25, 0.3) is 10.6 Å². The zero-order valence-corrected chi connectivity index (χ0v) is 16.0. The maximum absolute atomic E-state index is 12.3. The Balaban J connectivity index is 1.56. The van der Waals surface area contributed by atoms with Crippen molar-refractivity contribution in [1.29, 1.82) is 0 Å². The Hall–Kier alpha value is -2.66. The number of carbonyl (C=O) groups is 1. The van der Waals surface area contributed by atoms with Gasteiger partial charge in [0, 0.05) is 10.9 Å². The molecule has 0 bridgehead atoms. The predicted octanol–water partition coefficient (Wildman–Crippen LogP) is 4.51. The summed E-state index contributed by atoms with van der Waals surface area (Å²) in [5.41, 5.74) is 4.16. The van der Waals surface area contributed by atoms with Gasteiger partial charge >= 0.3 is 0 Å². The third-order valence-electron chi connectivity index (χ3n) is 3.89. The highest BCUT2D eigenvalue weighted by atomic mass is 32.1. The number of rotatable bonds is 6. The van der Waals surface area contributed by atoms with Crippen molar-refractivity contribution in [2.75, 3.05) is 0 Å². The molecule has 134 valence electrons. The van der Waals surface area contributed by atoms with Gasteiger partial charge in [-0.3, -0.25) is 4.79 Å². The molecule has 0 spiro atoms. The van der Waals surface area contributed by atoms with Crippen LogP contribution in [-0.4, -0.2) is 17.0 Å². The first kappa shape index (κ1) is 18.1. The summed E-state index contributed by atoms with van der Waals surface area (Å²) in [7, 11) is 0. The van der Waals surface area contributed by atoms with Crippen LogP contribution in [0.15, 0.2) is 53.9 Å². The minimum atomic E-state index is -0.566. The minimum absolute atomic E-state index is 0.154. The molecule has 1 amide bonds. The number of benzene rings is 2. The van der Waals surface area contributed by atoms with Crippen molar-refractivity contribution in [3.8, 4) is 16.3 Å². The molecule has 5 heteroatoms. The number of amides is 1. The Labute approximate surface area is 157 Å². The van der Waals surface area contributed by atoms with Crippen LogP contribution in [0.3, 0.4) is 0 Å². The molecule has 1 N–H and O–H groups in total. The lowest BCUT2D eigenvalue weighted by Crippen LogP contribution is -2.36. The second kappa shape index (κ2) is 8.15. The van der Waals surface area contributed by atoms with Crippen molar-refractivity contribution in [2.45, 2.75) is 33.4 Å². The van der Waals surface area contributed by atoms with E-state index in [1.807, 2.05) is 61.7 Å². The number of hydrogen-bond acceptors (Lipinski definition) is 4. The highest BCUT2D eigenvalue weighted by Gasteiger charge is 2.15. The van der Waals surface area contributed by atoms with Crippen molar-refractivity contribution in [3.05, 3.63) is 70.7 Å². The molecule has 0 unspecified atom stereocenters. The summed E-state index contributed by atoms with van der Waals surface area (Å²) in [6.07, 6.45) is -0.566. The van der Waals surface area contributed by atoms with Gasteiger partial charge in [-0.05, 0) is 44.0 Å². The van der Waals surface area contributed by atoms with E-state index in [0.717, 1.165) is 27.4 Å². The van der Waals surface area contributed by atoms with Crippen molar-refractivity contribution in [2.24, 2.45) is 0 Å². The summed E-state index contributed by atoms with van der Waals surface area (Å²) in [5.74, 6) is 0.559. The number of ether oxygens (including phenoxy) is 1. The SMILES string of the molecule is Cc1cc(C)cc(O[C@@H](C)C(=O)NCc2csc(-c3ccccc3)n2)c1. The lowest BCUT2D eigenvalue weighted by molar-refractivity contribution is -0.127. The Morgan fingerprint density at radius 3 is 2.54 bits per heavy atom. The molecule has 1 atom stereocenters. The number of aromatic nitrogens is 1. The molecule has 1 aromatic heterocycles. The topological polar surface area (TPSA) is 51.2 Å². The number of aryl methyl sites for hydroxylation is 2. The first-order valence-corrected chi connectivity index (χ1v) is 9.42. The summed E-state index contributed by atoms with van der Waals surface area (Å²) in [6.45, 7) is 6.17. The summed E-state index contributed by atoms with van der Waals surface area (Å²) in [5, 5.41) is 5.82. The van der Waals surface area contributed by atoms with Gasteiger partial charge in [0.2, 0.25) is 0 Å². The van der Waals surface area contributed by atoms with Crippen LogP contribution in [0.5, 0.6) is 5.75 Å². The van der Waals surface area contributed by atoms with Gasteiger partial charge in [0.05, 0.1) is 12.2 Å². The lowest BCUT2D eigenvalue weighted by Gasteiger charge is -2.15. The van der Waals surface area contributed by atoms with Gasteiger partial charge in [0.1, 0.15) is 10.8 Å². The van der Waals surface area contributed by atoms with E-state index in [0.29, 0.717) is 12.3 Å². The fourth-order valence-electron chi connectivity index (χ4n) is 2.68. The molecule has 0 saturated heterocycles. The van der Waals surface area contributed by atoms with E-state index in [-0.39, 0.29) is 5.91 Å². The molecule has 1 heterocycles. The molecule has 3 rings (SSSR count). The molecular formula is C21H22N2O2S. The van der Waals surface area contributed by atoms with Crippen molar-refractivity contribution < 1.29 is 9.53 Å². The first-order chi connectivity index (χ1) is 12.5. The fourth-order valence-corrected chi connectivity index (χ4v) is 3.51. The number of carbonyl (C=O) groups excluding carboxylic acids is 1. The van der Waals surface area contributed by atoms with E-state index in [9.17, 15) is 4.79 Å². The fraction of sp³-hybridized carbons (Fsp3) is 0.238. The molecule has 3 aromatic rings. The van der Waals surface area contributed by atoms with Crippen LogP contribution in [0.4, 0.5) is 0 Å². The van der Waals surface area contributed by atoms with E-state index >= 15 is 0 Å². The Morgan fingerprint density at radius 2 is 1.85 bits per heavy atom. The zero-order valence-electron chi connectivity index (χ0n) is 15.2. The van der Waals surface area contributed by atoms with Gasteiger partial charge in [-0.15, -0.1) is 11.3 Å². The number of nitrogens with zero attached hydrogens (tertiary/aromatic N) is 1. The third-order valence-corrected chi connectivity index (χ3v) is 4.83. The van der Waals surface area contributed by atoms with Gasteiger partial charge in [-0.25, -0.2) is 4.98 Å². The average Bonchev–Trinajstić information content (AvgIpc) is 3.08. The van der Waals surface area contributed by atoms with Gasteiger partial charge in [-0.2, -0.15) is 0 Å². The van der Waals surface area contributed by atoms with Crippen LogP contribution >= 0.6 is 11.3 Å². The second-order valence-corrected chi connectivity index (χ2v) is 7.17. The first-order valence-electron chi connectivity index (χ1n) is 8.54. The average molecular weight is 366 g/mol. The Kier molecular flexibility index (Phi) is 5.68. The molecule has 2 aromatic carbocycles. The normalized spacial score (nSPS) is 11.8. The van der Waals surface area contributed by atoms with E-state index in [4.69, 9.17) is 4.74 Å². The van der Waals surface area contributed by atoms with Crippen LogP contribution in [0.1, 0.15) is 23.7 Å². The van der Waals surface area contributed by atoms with Crippen LogP contribution in [0, 0.1) is 13.8 Å². The maximum Gasteiger partial charge on any atom is 0.261 e. The molecule has 4 nitrogen and oxygen atoms in total. The lowest BCUT2D eigenvalue weighted by atomic mass is 10.1. The summed E-state index contributed by atoms with van der Waals surface area (Å²) >= 11 is 1.57. The molecule has 0 saturated carbocycles. The van der Waals surface area contributed by atoms with E-state index in [1.165, 1.54) is 0 Å². The molecule has 0 radical (unpaired) electrons. The largest absolute Gasteiger partial charge is 0.481 e. The Bertz CT molecular complexity index is 870. The van der Waals surface area contributed by atoms with Crippen LogP contribution < -0.4 is 10.1 Å².